The second kappa shape index (κ2) is 14.2. The van der Waals surface area contributed by atoms with Crippen LogP contribution in [-0.2, 0) is 13.6 Å². The Morgan fingerprint density at radius 2 is 1.22 bits per heavy atom. The molecule has 1 aromatic rings. The van der Waals surface area contributed by atoms with E-state index in [-0.39, 0.29) is 0 Å². The van der Waals surface area contributed by atoms with Crippen molar-refractivity contribution in [3.8, 4) is 5.75 Å². The predicted molar refractivity (Wildman–Crippen MR) is 113 cm³/mol. The Labute approximate surface area is 166 Å². The summed E-state index contributed by atoms with van der Waals surface area (Å²) in [5.41, 5.74) is 0. The minimum absolute atomic E-state index is 0.398. The van der Waals surface area contributed by atoms with Crippen molar-refractivity contribution in [1.82, 2.24) is 0 Å². The molecule has 0 unspecified atom stereocenters. The van der Waals surface area contributed by atoms with E-state index in [4.69, 9.17) is 13.6 Å². The van der Waals surface area contributed by atoms with Gasteiger partial charge in [0.1, 0.15) is 5.75 Å². The first kappa shape index (κ1) is 24.2. The zero-order valence-corrected chi connectivity index (χ0v) is 18.6. The fraction of sp³-hybridized carbons (Fsp3) is 0.727. The van der Waals surface area contributed by atoms with Crippen molar-refractivity contribution in [3.05, 3.63) is 30.3 Å². The summed E-state index contributed by atoms with van der Waals surface area (Å²) in [7, 11) is -3.58. The molecular formula is C22H39O4P. The lowest BCUT2D eigenvalue weighted by Crippen LogP contribution is -2.05. The van der Waals surface area contributed by atoms with Gasteiger partial charge in [-0.05, 0) is 36.8 Å². The number of benzene rings is 1. The van der Waals surface area contributed by atoms with Crippen LogP contribution < -0.4 is 4.52 Å². The van der Waals surface area contributed by atoms with Gasteiger partial charge in [0.15, 0.2) is 0 Å². The summed E-state index contributed by atoms with van der Waals surface area (Å²) < 4.78 is 29.8. The fourth-order valence-electron chi connectivity index (χ4n) is 2.72. The standard InChI is InChI=1S/C22H39O4P/c1-20(2)14-8-6-12-18-24-27(23,26-22-16-10-5-11-17-22)25-19-13-7-9-15-21(3)4/h5,10-11,16-17,20-21H,6-9,12-15,18-19H2,1-4H3. The van der Waals surface area contributed by atoms with Crippen LogP contribution in [0.25, 0.3) is 0 Å². The van der Waals surface area contributed by atoms with E-state index in [9.17, 15) is 4.57 Å². The molecule has 27 heavy (non-hydrogen) atoms. The summed E-state index contributed by atoms with van der Waals surface area (Å²) >= 11 is 0. The summed E-state index contributed by atoms with van der Waals surface area (Å²) in [6, 6.07) is 9.12. The average molecular weight is 399 g/mol. The maximum atomic E-state index is 13.0. The molecule has 0 atom stereocenters. The minimum Gasteiger partial charge on any atom is -0.404 e. The molecule has 156 valence electrons. The molecule has 5 heteroatoms. The van der Waals surface area contributed by atoms with E-state index < -0.39 is 7.82 Å². The van der Waals surface area contributed by atoms with Crippen molar-refractivity contribution in [3.63, 3.8) is 0 Å². The fourth-order valence-corrected chi connectivity index (χ4v) is 3.98. The van der Waals surface area contributed by atoms with Crippen LogP contribution in [0.5, 0.6) is 5.75 Å². The molecule has 4 nitrogen and oxygen atoms in total. The highest BCUT2D eigenvalue weighted by molar-refractivity contribution is 7.48. The van der Waals surface area contributed by atoms with Gasteiger partial charge >= 0.3 is 7.82 Å². The summed E-state index contributed by atoms with van der Waals surface area (Å²) in [6.45, 7) is 9.72. The third-order valence-electron chi connectivity index (χ3n) is 4.31. The molecular weight excluding hydrogens is 359 g/mol. The van der Waals surface area contributed by atoms with Crippen LogP contribution in [0.3, 0.4) is 0 Å². The van der Waals surface area contributed by atoms with Crippen LogP contribution in [0.4, 0.5) is 0 Å². The Bertz CT molecular complexity index is 492. The monoisotopic (exact) mass is 398 g/mol. The number of unbranched alkanes of at least 4 members (excludes halogenated alkanes) is 4. The van der Waals surface area contributed by atoms with Crippen LogP contribution in [0.2, 0.25) is 0 Å². The summed E-state index contributed by atoms with van der Waals surface area (Å²) in [5.74, 6) is 1.95. The summed E-state index contributed by atoms with van der Waals surface area (Å²) in [5, 5.41) is 0. The van der Waals surface area contributed by atoms with Crippen molar-refractivity contribution >= 4 is 7.82 Å². The lowest BCUT2D eigenvalue weighted by molar-refractivity contribution is 0.150. The third kappa shape index (κ3) is 13.1. The number of hydrogen-bond acceptors (Lipinski definition) is 4. The number of rotatable bonds is 16. The molecule has 0 aliphatic heterocycles. The molecule has 0 aromatic heterocycles. The van der Waals surface area contributed by atoms with Crippen molar-refractivity contribution in [1.29, 1.82) is 0 Å². The molecule has 0 aliphatic carbocycles. The zero-order chi connectivity index (χ0) is 20.0. The van der Waals surface area contributed by atoms with E-state index in [0.29, 0.717) is 19.0 Å². The van der Waals surface area contributed by atoms with Gasteiger partial charge in [-0.2, -0.15) is 0 Å². The van der Waals surface area contributed by atoms with Gasteiger partial charge in [0, 0.05) is 0 Å². The molecule has 0 spiro atoms. The number of phosphoric acid groups is 1. The zero-order valence-electron chi connectivity index (χ0n) is 17.7. The Morgan fingerprint density at radius 3 is 1.67 bits per heavy atom. The van der Waals surface area contributed by atoms with E-state index in [1.807, 2.05) is 18.2 Å². The number of phosphoric ester groups is 1. The third-order valence-corrected chi connectivity index (χ3v) is 5.74. The lowest BCUT2D eigenvalue weighted by atomic mass is 10.1. The van der Waals surface area contributed by atoms with Crippen LogP contribution in [0.15, 0.2) is 30.3 Å². The summed E-state index contributed by atoms with van der Waals surface area (Å²) in [6.07, 6.45) is 8.63. The maximum absolute atomic E-state index is 13.0. The maximum Gasteiger partial charge on any atom is 0.530 e. The molecule has 1 aromatic carbocycles. The van der Waals surface area contributed by atoms with Crippen molar-refractivity contribution in [2.45, 2.75) is 79.1 Å². The van der Waals surface area contributed by atoms with Crippen LogP contribution in [-0.4, -0.2) is 13.2 Å². The van der Waals surface area contributed by atoms with Gasteiger partial charge in [-0.1, -0.05) is 84.4 Å². The molecule has 0 saturated carbocycles. The quantitative estimate of drug-likeness (QED) is 0.212. The average Bonchev–Trinajstić information content (AvgIpc) is 2.61. The highest BCUT2D eigenvalue weighted by atomic mass is 31.2. The first-order valence-electron chi connectivity index (χ1n) is 10.5. The van der Waals surface area contributed by atoms with Crippen molar-refractivity contribution in [2.24, 2.45) is 11.8 Å². The van der Waals surface area contributed by atoms with Crippen molar-refractivity contribution < 1.29 is 18.1 Å². The highest BCUT2D eigenvalue weighted by Gasteiger charge is 2.28. The van der Waals surface area contributed by atoms with Gasteiger partial charge in [-0.3, -0.25) is 9.05 Å². The topological polar surface area (TPSA) is 44.8 Å². The van der Waals surface area contributed by atoms with Gasteiger partial charge in [0.25, 0.3) is 0 Å². The van der Waals surface area contributed by atoms with E-state index in [1.54, 1.807) is 12.1 Å². The SMILES string of the molecule is CC(C)CCCCCOP(=O)(OCCCCCC(C)C)Oc1ccccc1. The van der Waals surface area contributed by atoms with Crippen LogP contribution in [0, 0.1) is 11.8 Å². The Morgan fingerprint density at radius 1 is 0.741 bits per heavy atom. The van der Waals surface area contributed by atoms with Crippen LogP contribution >= 0.6 is 7.82 Å². The predicted octanol–water partition coefficient (Wildman–Crippen LogP) is 7.64. The number of para-hydroxylation sites is 1. The molecule has 0 amide bonds. The van der Waals surface area contributed by atoms with Gasteiger partial charge in [0.2, 0.25) is 0 Å². The van der Waals surface area contributed by atoms with E-state index in [1.165, 1.54) is 25.7 Å². The molecule has 0 saturated heterocycles. The minimum atomic E-state index is -3.58. The van der Waals surface area contributed by atoms with Crippen molar-refractivity contribution in [2.75, 3.05) is 13.2 Å². The lowest BCUT2D eigenvalue weighted by Gasteiger charge is -2.18. The normalized spacial score (nSPS) is 12.1. The molecule has 0 radical (unpaired) electrons. The number of hydrogen-bond donors (Lipinski definition) is 0. The van der Waals surface area contributed by atoms with Gasteiger partial charge in [-0.25, -0.2) is 4.57 Å². The molecule has 0 heterocycles. The Hall–Kier alpha value is -0.830. The van der Waals surface area contributed by atoms with Crippen LogP contribution in [0.1, 0.15) is 79.1 Å². The van der Waals surface area contributed by atoms with Gasteiger partial charge in [0.05, 0.1) is 13.2 Å². The molecule has 0 N–H and O–H groups in total. The molecule has 0 fully saturated rings. The molecule has 1 rings (SSSR count). The van der Waals surface area contributed by atoms with Gasteiger partial charge < -0.3 is 4.52 Å². The molecule has 0 aliphatic rings. The van der Waals surface area contributed by atoms with E-state index >= 15 is 0 Å². The smallest absolute Gasteiger partial charge is 0.404 e. The largest absolute Gasteiger partial charge is 0.530 e. The first-order chi connectivity index (χ1) is 12.9. The van der Waals surface area contributed by atoms with E-state index in [2.05, 4.69) is 27.7 Å². The second-order valence-electron chi connectivity index (χ2n) is 8.00. The van der Waals surface area contributed by atoms with E-state index in [0.717, 1.165) is 37.5 Å². The highest BCUT2D eigenvalue weighted by Crippen LogP contribution is 2.49. The first-order valence-corrected chi connectivity index (χ1v) is 12.0. The molecule has 0 bridgehead atoms. The Kier molecular flexibility index (Phi) is 12.7. The summed E-state index contributed by atoms with van der Waals surface area (Å²) in [4.78, 5) is 0. The Balaban J connectivity index is 2.40. The second-order valence-corrected chi connectivity index (χ2v) is 9.60. The van der Waals surface area contributed by atoms with Gasteiger partial charge in [-0.15, -0.1) is 0 Å².